The molecule has 1 aliphatic rings. The van der Waals surface area contributed by atoms with Gasteiger partial charge in [0, 0.05) is 5.75 Å². The number of aliphatic hydroxyl groups is 1. The maximum Gasteiger partial charge on any atom is 0.326 e. The number of carbonyl (C=O) groups excluding carboxylic acids is 3. The fourth-order valence-corrected chi connectivity index (χ4v) is 3.05. The Morgan fingerprint density at radius 2 is 1.68 bits per heavy atom. The predicted molar refractivity (Wildman–Crippen MR) is 105 cm³/mol. The van der Waals surface area contributed by atoms with Crippen LogP contribution >= 0.6 is 12.6 Å². The Kier molecular flexibility index (Phi) is 9.70. The summed E-state index contributed by atoms with van der Waals surface area (Å²) in [5.41, 5.74) is 0. The Morgan fingerprint density at radius 1 is 1.07 bits per heavy atom. The van der Waals surface area contributed by atoms with E-state index in [0.29, 0.717) is 6.42 Å². The van der Waals surface area contributed by atoms with Crippen molar-refractivity contribution in [2.24, 2.45) is 5.92 Å². The first-order valence-corrected chi connectivity index (χ1v) is 9.88. The first-order chi connectivity index (χ1) is 13.1. The molecule has 0 aromatic heterocycles. The lowest BCUT2D eigenvalue weighted by Crippen LogP contribution is -2.60. The third-order valence-corrected chi connectivity index (χ3v) is 4.85. The number of rotatable bonds is 10. The van der Waals surface area contributed by atoms with Crippen LogP contribution in [0, 0.1) is 5.92 Å². The van der Waals surface area contributed by atoms with E-state index >= 15 is 0 Å². The van der Waals surface area contributed by atoms with Gasteiger partial charge in [0.25, 0.3) is 0 Å². The van der Waals surface area contributed by atoms with Gasteiger partial charge >= 0.3 is 5.97 Å². The van der Waals surface area contributed by atoms with E-state index in [4.69, 9.17) is 0 Å². The van der Waals surface area contributed by atoms with Crippen molar-refractivity contribution < 1.29 is 29.4 Å². The lowest BCUT2D eigenvalue weighted by Gasteiger charge is -2.26. The van der Waals surface area contributed by atoms with Crippen molar-refractivity contribution in [3.05, 3.63) is 0 Å². The molecule has 0 aliphatic carbocycles. The Bertz CT molecular complexity index is 580. The van der Waals surface area contributed by atoms with Crippen LogP contribution in [0.4, 0.5) is 0 Å². The van der Waals surface area contributed by atoms with Crippen LogP contribution in [0.3, 0.4) is 0 Å². The van der Waals surface area contributed by atoms with Gasteiger partial charge in [-0.25, -0.2) is 4.79 Å². The van der Waals surface area contributed by atoms with E-state index in [9.17, 15) is 29.4 Å². The summed E-state index contributed by atoms with van der Waals surface area (Å²) in [4.78, 5) is 48.4. The van der Waals surface area contributed by atoms with Gasteiger partial charge in [-0.1, -0.05) is 13.8 Å². The second-order valence-corrected chi connectivity index (χ2v) is 7.55. The number of hydrogen-bond donors (Lipinski definition) is 7. The quantitative estimate of drug-likeness (QED) is 0.207. The van der Waals surface area contributed by atoms with E-state index < -0.39 is 47.9 Å². The lowest BCUT2D eigenvalue weighted by molar-refractivity contribution is -0.144. The van der Waals surface area contributed by atoms with Crippen LogP contribution in [0.2, 0.25) is 0 Å². The third-order valence-electron chi connectivity index (χ3n) is 4.49. The zero-order chi connectivity index (χ0) is 21.4. The minimum absolute atomic E-state index is 0.0117. The molecule has 11 heteroatoms. The summed E-state index contributed by atoms with van der Waals surface area (Å²) in [5, 5.41) is 29.4. The molecule has 0 spiro atoms. The molecular weight excluding hydrogens is 388 g/mol. The van der Waals surface area contributed by atoms with Crippen molar-refractivity contribution >= 4 is 36.3 Å². The average molecular weight is 419 g/mol. The molecule has 1 heterocycles. The highest BCUT2D eigenvalue weighted by molar-refractivity contribution is 7.80. The van der Waals surface area contributed by atoms with E-state index in [1.165, 1.54) is 6.92 Å². The van der Waals surface area contributed by atoms with E-state index in [0.717, 1.165) is 13.0 Å². The van der Waals surface area contributed by atoms with Gasteiger partial charge < -0.3 is 31.5 Å². The van der Waals surface area contributed by atoms with Crippen LogP contribution in [0.1, 0.15) is 33.6 Å². The van der Waals surface area contributed by atoms with Crippen LogP contribution in [0.5, 0.6) is 0 Å². The summed E-state index contributed by atoms with van der Waals surface area (Å²) in [7, 11) is 0. The van der Waals surface area contributed by atoms with Gasteiger partial charge in [-0.3, -0.25) is 14.4 Å². The zero-order valence-corrected chi connectivity index (χ0v) is 17.2. The molecule has 0 aromatic rings. The molecule has 1 aliphatic heterocycles. The van der Waals surface area contributed by atoms with Crippen molar-refractivity contribution in [2.75, 3.05) is 12.3 Å². The number of carboxylic acids is 1. The molecule has 160 valence electrons. The summed E-state index contributed by atoms with van der Waals surface area (Å²) in [6, 6.07) is -3.93. The fraction of sp³-hybridized carbons (Fsp3) is 0.765. The van der Waals surface area contributed by atoms with E-state index in [1.54, 1.807) is 13.8 Å². The number of carboxylic acid groups (broad SMARTS) is 1. The number of amides is 3. The lowest BCUT2D eigenvalue weighted by atomic mass is 10.0. The van der Waals surface area contributed by atoms with Crippen molar-refractivity contribution in [3.8, 4) is 0 Å². The van der Waals surface area contributed by atoms with Crippen molar-refractivity contribution in [3.63, 3.8) is 0 Å². The molecule has 0 radical (unpaired) electrons. The molecule has 1 rings (SSSR count). The second-order valence-electron chi connectivity index (χ2n) is 7.19. The van der Waals surface area contributed by atoms with Crippen LogP contribution in [0.15, 0.2) is 0 Å². The van der Waals surface area contributed by atoms with Crippen molar-refractivity contribution in [1.82, 2.24) is 21.3 Å². The number of thiol groups is 1. The van der Waals surface area contributed by atoms with Gasteiger partial charge in [-0.05, 0) is 32.2 Å². The third kappa shape index (κ3) is 6.95. The highest BCUT2D eigenvalue weighted by Gasteiger charge is 2.33. The van der Waals surface area contributed by atoms with E-state index in [-0.39, 0.29) is 17.7 Å². The molecule has 3 amide bonds. The maximum absolute atomic E-state index is 12.5. The molecule has 28 heavy (non-hydrogen) atoms. The van der Waals surface area contributed by atoms with Gasteiger partial charge in [-0.2, -0.15) is 12.6 Å². The van der Waals surface area contributed by atoms with Crippen LogP contribution in [-0.4, -0.2) is 76.5 Å². The Morgan fingerprint density at radius 3 is 2.11 bits per heavy atom. The largest absolute Gasteiger partial charge is 0.480 e. The SMILES string of the molecule is CC(C)C(NC(=O)C(NC(=O)C(CS)NC(=O)C1CCCN1)C(C)O)C(=O)O. The maximum atomic E-state index is 12.5. The zero-order valence-electron chi connectivity index (χ0n) is 16.3. The Hall–Kier alpha value is -1.85. The molecule has 6 N–H and O–H groups in total. The van der Waals surface area contributed by atoms with Crippen molar-refractivity contribution in [1.29, 1.82) is 0 Å². The van der Waals surface area contributed by atoms with Crippen LogP contribution < -0.4 is 21.3 Å². The van der Waals surface area contributed by atoms with Crippen LogP contribution in [0.25, 0.3) is 0 Å². The minimum Gasteiger partial charge on any atom is -0.480 e. The fourth-order valence-electron chi connectivity index (χ4n) is 2.79. The Balaban J connectivity index is 2.76. The first-order valence-electron chi connectivity index (χ1n) is 9.24. The van der Waals surface area contributed by atoms with Gasteiger partial charge in [-0.15, -0.1) is 0 Å². The van der Waals surface area contributed by atoms with Gasteiger partial charge in [0.05, 0.1) is 12.1 Å². The molecule has 10 nitrogen and oxygen atoms in total. The summed E-state index contributed by atoms with van der Waals surface area (Å²) < 4.78 is 0. The van der Waals surface area contributed by atoms with Crippen molar-refractivity contribution in [2.45, 2.75) is 63.9 Å². The van der Waals surface area contributed by atoms with Gasteiger partial charge in [0.2, 0.25) is 17.7 Å². The average Bonchev–Trinajstić information content (AvgIpc) is 3.15. The molecule has 0 bridgehead atoms. The second kappa shape index (κ2) is 11.2. The summed E-state index contributed by atoms with van der Waals surface area (Å²) in [6.07, 6.45) is 0.246. The first kappa shape index (κ1) is 24.2. The summed E-state index contributed by atoms with van der Waals surface area (Å²) >= 11 is 4.07. The van der Waals surface area contributed by atoms with E-state index in [2.05, 4.69) is 33.9 Å². The number of hydrogen-bond acceptors (Lipinski definition) is 7. The van der Waals surface area contributed by atoms with E-state index in [1.807, 2.05) is 0 Å². The highest BCUT2D eigenvalue weighted by atomic mass is 32.1. The molecule has 1 saturated heterocycles. The van der Waals surface area contributed by atoms with Gasteiger partial charge in [0.15, 0.2) is 0 Å². The molecule has 5 unspecified atom stereocenters. The molecule has 5 atom stereocenters. The molecule has 1 fully saturated rings. The minimum atomic E-state index is -1.38. The molecular formula is C17H30N4O6S. The number of aliphatic hydroxyl groups excluding tert-OH is 1. The number of aliphatic carboxylic acids is 1. The monoisotopic (exact) mass is 418 g/mol. The smallest absolute Gasteiger partial charge is 0.326 e. The topological polar surface area (TPSA) is 157 Å². The summed E-state index contributed by atoms with van der Waals surface area (Å²) in [5.74, 6) is -3.48. The van der Waals surface area contributed by atoms with Crippen LogP contribution in [-0.2, 0) is 19.2 Å². The molecule has 0 saturated carbocycles. The summed E-state index contributed by atoms with van der Waals surface area (Å²) in [6.45, 7) is 5.27. The normalized spacial score (nSPS) is 20.7. The molecule has 0 aromatic carbocycles. The Labute approximate surface area is 169 Å². The number of carbonyl (C=O) groups is 4. The predicted octanol–water partition coefficient (Wildman–Crippen LogP) is -1.76. The highest BCUT2D eigenvalue weighted by Crippen LogP contribution is 2.06. The van der Waals surface area contributed by atoms with Gasteiger partial charge in [0.1, 0.15) is 18.1 Å². The standard InChI is InChI=1S/C17H30N4O6S/c1-8(2)12(17(26)27)20-16(25)13(9(3)22)21-15(24)11(7-28)19-14(23)10-5-4-6-18-10/h8-13,18,22,28H,4-7H2,1-3H3,(H,19,23)(H,20,25)(H,21,24)(H,26,27). The number of nitrogens with one attached hydrogen (secondary N) is 4.